The van der Waals surface area contributed by atoms with Gasteiger partial charge in [0.25, 0.3) is 5.69 Å². The predicted molar refractivity (Wildman–Crippen MR) is 63.9 cm³/mol. The first-order chi connectivity index (χ1) is 8.88. The van der Waals surface area contributed by atoms with E-state index in [0.29, 0.717) is 18.5 Å². The summed E-state index contributed by atoms with van der Waals surface area (Å²) in [5.74, 6) is 0.611. The third kappa shape index (κ3) is 3.59. The molecule has 1 aliphatic rings. The van der Waals surface area contributed by atoms with E-state index in [1.54, 1.807) is 0 Å². The van der Waals surface area contributed by atoms with Gasteiger partial charge >= 0.3 is 6.18 Å². The summed E-state index contributed by atoms with van der Waals surface area (Å²) in [6, 6.07) is 2.77. The standard InChI is InChI=1S/C12H13F3N2O2/c13-12(14,15)10-7-9(17(18)19)3-4-11(10)16-6-5-8-1-2-8/h3-4,7-8,16H,1-2,5-6H2. The monoisotopic (exact) mass is 274 g/mol. The number of nitrogens with zero attached hydrogens (tertiary/aromatic N) is 1. The van der Waals surface area contributed by atoms with Crippen LogP contribution in [0.5, 0.6) is 0 Å². The number of nitrogens with one attached hydrogen (secondary N) is 1. The highest BCUT2D eigenvalue weighted by atomic mass is 19.4. The smallest absolute Gasteiger partial charge is 0.385 e. The van der Waals surface area contributed by atoms with Crippen LogP contribution in [0.4, 0.5) is 24.5 Å². The van der Waals surface area contributed by atoms with Crippen LogP contribution in [-0.4, -0.2) is 11.5 Å². The Balaban J connectivity index is 2.17. The van der Waals surface area contributed by atoms with Crippen LogP contribution in [0.15, 0.2) is 18.2 Å². The number of benzene rings is 1. The van der Waals surface area contributed by atoms with Crippen LogP contribution in [-0.2, 0) is 6.18 Å². The van der Waals surface area contributed by atoms with Gasteiger partial charge in [0.15, 0.2) is 0 Å². The van der Waals surface area contributed by atoms with Gasteiger partial charge in [0.2, 0.25) is 0 Å². The second kappa shape index (κ2) is 5.07. The molecule has 4 nitrogen and oxygen atoms in total. The first-order valence-corrected chi connectivity index (χ1v) is 5.97. The minimum atomic E-state index is -4.60. The fourth-order valence-corrected chi connectivity index (χ4v) is 1.85. The molecule has 0 heterocycles. The average molecular weight is 274 g/mol. The second-order valence-corrected chi connectivity index (χ2v) is 4.64. The fourth-order valence-electron chi connectivity index (χ4n) is 1.85. The SMILES string of the molecule is O=[N+]([O-])c1ccc(NCCC2CC2)c(C(F)(F)F)c1. The largest absolute Gasteiger partial charge is 0.418 e. The maximum absolute atomic E-state index is 12.8. The first kappa shape index (κ1) is 13.6. The summed E-state index contributed by atoms with van der Waals surface area (Å²) in [5.41, 5.74) is -1.64. The van der Waals surface area contributed by atoms with Crippen LogP contribution < -0.4 is 5.32 Å². The normalized spacial score (nSPS) is 15.3. The fraction of sp³-hybridized carbons (Fsp3) is 0.500. The first-order valence-electron chi connectivity index (χ1n) is 5.97. The summed E-state index contributed by atoms with van der Waals surface area (Å²) in [7, 11) is 0. The molecule has 0 atom stereocenters. The van der Waals surface area contributed by atoms with E-state index in [9.17, 15) is 23.3 Å². The Hall–Kier alpha value is -1.79. The Kier molecular flexibility index (Phi) is 3.64. The Morgan fingerprint density at radius 3 is 2.58 bits per heavy atom. The Morgan fingerprint density at radius 2 is 2.05 bits per heavy atom. The lowest BCUT2D eigenvalue weighted by atomic mass is 10.1. The van der Waals surface area contributed by atoms with Crippen molar-refractivity contribution in [3.05, 3.63) is 33.9 Å². The quantitative estimate of drug-likeness (QED) is 0.655. The van der Waals surface area contributed by atoms with E-state index in [2.05, 4.69) is 5.32 Å². The molecular weight excluding hydrogens is 261 g/mol. The molecule has 1 N–H and O–H groups in total. The number of nitro benzene ring substituents is 1. The van der Waals surface area contributed by atoms with Crippen molar-refractivity contribution in [2.45, 2.75) is 25.4 Å². The van der Waals surface area contributed by atoms with Crippen molar-refractivity contribution in [2.75, 3.05) is 11.9 Å². The molecule has 2 rings (SSSR count). The molecule has 0 spiro atoms. The topological polar surface area (TPSA) is 55.2 Å². The van der Waals surface area contributed by atoms with Crippen molar-refractivity contribution in [1.29, 1.82) is 0 Å². The Morgan fingerprint density at radius 1 is 1.37 bits per heavy atom. The third-order valence-corrected chi connectivity index (χ3v) is 3.08. The molecule has 1 saturated carbocycles. The van der Waals surface area contributed by atoms with Gasteiger partial charge in [0.05, 0.1) is 10.5 Å². The van der Waals surface area contributed by atoms with Crippen molar-refractivity contribution in [1.82, 2.24) is 0 Å². The van der Waals surface area contributed by atoms with Crippen LogP contribution in [0.3, 0.4) is 0 Å². The van der Waals surface area contributed by atoms with E-state index in [1.807, 2.05) is 0 Å². The zero-order valence-corrected chi connectivity index (χ0v) is 10.0. The Bertz CT molecular complexity index is 484. The summed E-state index contributed by atoms with van der Waals surface area (Å²) in [5, 5.41) is 13.2. The molecule has 19 heavy (non-hydrogen) atoms. The number of non-ortho nitro benzene ring substituents is 1. The van der Waals surface area contributed by atoms with Crippen molar-refractivity contribution >= 4 is 11.4 Å². The zero-order valence-electron chi connectivity index (χ0n) is 10.0. The minimum absolute atomic E-state index is 0.0984. The van der Waals surface area contributed by atoms with Crippen molar-refractivity contribution in [2.24, 2.45) is 5.92 Å². The van der Waals surface area contributed by atoms with E-state index in [0.717, 1.165) is 31.4 Å². The van der Waals surface area contributed by atoms with Gasteiger partial charge < -0.3 is 5.32 Å². The summed E-state index contributed by atoms with van der Waals surface area (Å²) in [6.07, 6.45) is -1.51. The summed E-state index contributed by atoms with van der Waals surface area (Å²) in [4.78, 5) is 9.69. The Labute approximate surface area is 107 Å². The maximum Gasteiger partial charge on any atom is 0.418 e. The van der Waals surface area contributed by atoms with E-state index in [1.165, 1.54) is 0 Å². The number of hydrogen-bond donors (Lipinski definition) is 1. The highest BCUT2D eigenvalue weighted by molar-refractivity contribution is 5.57. The van der Waals surface area contributed by atoms with Crippen LogP contribution in [0.2, 0.25) is 0 Å². The molecule has 0 bridgehead atoms. The molecule has 7 heteroatoms. The number of alkyl halides is 3. The molecule has 1 aromatic rings. The molecule has 104 valence electrons. The number of halogens is 3. The van der Waals surface area contributed by atoms with Crippen molar-refractivity contribution in [3.8, 4) is 0 Å². The number of rotatable bonds is 5. The predicted octanol–water partition coefficient (Wildman–Crippen LogP) is 3.83. The number of nitro groups is 1. The lowest BCUT2D eigenvalue weighted by molar-refractivity contribution is -0.385. The average Bonchev–Trinajstić information content (AvgIpc) is 3.11. The van der Waals surface area contributed by atoms with E-state index in [-0.39, 0.29) is 5.69 Å². The number of hydrogen-bond acceptors (Lipinski definition) is 3. The molecular formula is C12H13F3N2O2. The summed E-state index contributed by atoms with van der Waals surface area (Å²) < 4.78 is 38.5. The van der Waals surface area contributed by atoms with Crippen molar-refractivity contribution < 1.29 is 18.1 Å². The molecule has 0 amide bonds. The lowest BCUT2D eigenvalue weighted by Gasteiger charge is -2.14. The molecule has 0 aliphatic heterocycles. The molecule has 0 aromatic heterocycles. The highest BCUT2D eigenvalue weighted by Crippen LogP contribution is 2.37. The van der Waals surface area contributed by atoms with Gasteiger partial charge in [-0.15, -0.1) is 0 Å². The second-order valence-electron chi connectivity index (χ2n) is 4.64. The summed E-state index contributed by atoms with van der Waals surface area (Å²) >= 11 is 0. The van der Waals surface area contributed by atoms with Crippen molar-refractivity contribution in [3.63, 3.8) is 0 Å². The van der Waals surface area contributed by atoms with Gasteiger partial charge in [-0.3, -0.25) is 10.1 Å². The molecule has 0 saturated heterocycles. The van der Waals surface area contributed by atoms with E-state index in [4.69, 9.17) is 0 Å². The highest BCUT2D eigenvalue weighted by Gasteiger charge is 2.35. The minimum Gasteiger partial charge on any atom is -0.385 e. The van der Waals surface area contributed by atoms with Crippen LogP contribution in [0, 0.1) is 16.0 Å². The van der Waals surface area contributed by atoms with Gasteiger partial charge in [0.1, 0.15) is 0 Å². The number of anilines is 1. The lowest BCUT2D eigenvalue weighted by Crippen LogP contribution is -2.12. The van der Waals surface area contributed by atoms with Crippen LogP contribution in [0.1, 0.15) is 24.8 Å². The molecule has 0 radical (unpaired) electrons. The molecule has 0 unspecified atom stereocenters. The van der Waals surface area contributed by atoms with Crippen LogP contribution >= 0.6 is 0 Å². The van der Waals surface area contributed by atoms with Crippen LogP contribution in [0.25, 0.3) is 0 Å². The van der Waals surface area contributed by atoms with E-state index >= 15 is 0 Å². The molecule has 1 aliphatic carbocycles. The third-order valence-electron chi connectivity index (χ3n) is 3.08. The summed E-state index contributed by atoms with van der Waals surface area (Å²) in [6.45, 7) is 0.450. The molecule has 1 fully saturated rings. The van der Waals surface area contributed by atoms with Gasteiger partial charge in [-0.2, -0.15) is 13.2 Å². The van der Waals surface area contributed by atoms with Gasteiger partial charge in [-0.25, -0.2) is 0 Å². The zero-order chi connectivity index (χ0) is 14.0. The van der Waals surface area contributed by atoms with Gasteiger partial charge in [0, 0.05) is 24.4 Å². The molecule has 1 aromatic carbocycles. The van der Waals surface area contributed by atoms with E-state index < -0.39 is 22.4 Å². The maximum atomic E-state index is 12.8. The van der Waals surface area contributed by atoms with Gasteiger partial charge in [-0.1, -0.05) is 12.8 Å². The van der Waals surface area contributed by atoms with Gasteiger partial charge in [-0.05, 0) is 18.4 Å².